The number of carbonyl (C=O) groups is 1. The van der Waals surface area contributed by atoms with Gasteiger partial charge in [0.2, 0.25) is 0 Å². The van der Waals surface area contributed by atoms with Gasteiger partial charge in [-0.3, -0.25) is 14.3 Å². The second kappa shape index (κ2) is 9.99. The summed E-state index contributed by atoms with van der Waals surface area (Å²) in [6.45, 7) is 0. The molecule has 0 atom stereocenters. The van der Waals surface area contributed by atoms with Crippen LogP contribution in [0.5, 0.6) is 0 Å². The number of benzene rings is 1. The molecule has 1 aromatic carbocycles. The molecule has 0 saturated heterocycles. The Morgan fingerprint density at radius 2 is 1.79 bits per heavy atom. The lowest BCUT2D eigenvalue weighted by atomic mass is 10.1. The number of rotatable bonds is 4. The van der Waals surface area contributed by atoms with Crippen LogP contribution in [0.4, 0.5) is 10.2 Å². The summed E-state index contributed by atoms with van der Waals surface area (Å²) in [6, 6.07) is 11.6. The van der Waals surface area contributed by atoms with Crippen LogP contribution in [0.3, 0.4) is 0 Å². The molecule has 0 spiro atoms. The van der Waals surface area contributed by atoms with Gasteiger partial charge in [0.1, 0.15) is 17.3 Å². The van der Waals surface area contributed by atoms with Crippen molar-refractivity contribution in [3.63, 3.8) is 0 Å². The summed E-state index contributed by atoms with van der Waals surface area (Å²) < 4.78 is 15.0. The first kappa shape index (κ1) is 24.2. The van der Waals surface area contributed by atoms with Crippen LogP contribution in [0.15, 0.2) is 73.4 Å². The van der Waals surface area contributed by atoms with Crippen LogP contribution in [0, 0.1) is 5.82 Å². The summed E-state index contributed by atoms with van der Waals surface area (Å²) in [5.74, 6) is -0.680. The molecule has 1 amide bonds. The molecule has 7 nitrogen and oxygen atoms in total. The van der Waals surface area contributed by atoms with Gasteiger partial charge in [-0.25, -0.2) is 14.4 Å². The van der Waals surface area contributed by atoms with Crippen molar-refractivity contribution in [2.75, 3.05) is 5.32 Å². The summed E-state index contributed by atoms with van der Waals surface area (Å²) in [4.78, 5) is 20.8. The number of halogens is 4. The van der Waals surface area contributed by atoms with Crippen LogP contribution < -0.4 is 5.32 Å². The predicted octanol–water partition coefficient (Wildman–Crippen LogP) is 5.67. The first-order chi connectivity index (χ1) is 15.1. The molecule has 0 bridgehead atoms. The van der Waals surface area contributed by atoms with Crippen molar-refractivity contribution >= 4 is 53.8 Å². The Hall–Kier alpha value is -3.46. The molecular weight excluding hydrogens is 490 g/mol. The molecule has 5 rings (SSSR count). The maximum Gasteiger partial charge on any atom is 0.258 e. The van der Waals surface area contributed by atoms with Crippen LogP contribution in [0.25, 0.3) is 28.0 Å². The lowest BCUT2D eigenvalue weighted by Crippen LogP contribution is -2.13. The van der Waals surface area contributed by atoms with Crippen LogP contribution in [-0.2, 0) is 0 Å². The van der Waals surface area contributed by atoms with Crippen LogP contribution in [-0.4, -0.2) is 30.5 Å². The summed E-state index contributed by atoms with van der Waals surface area (Å²) in [6.07, 6.45) is 8.32. The number of fused-ring (bicyclic) bond motifs is 1. The standard InChI is InChI=1S/C22H14ClFN6O.2ClH/c23-18-7-13(1-4-17(18)22(31)29-20-5-3-16(24)10-25-20)19-11-26-21-6-2-14(12-30(19)21)15-8-27-28-9-15;;/h1-12H,(H,27,28)(H,25,29,31);2*1H. The fourth-order valence-corrected chi connectivity index (χ4v) is 3.53. The Kier molecular flexibility index (Phi) is 7.33. The van der Waals surface area contributed by atoms with E-state index < -0.39 is 11.7 Å². The van der Waals surface area contributed by atoms with Gasteiger partial charge in [-0.05, 0) is 36.4 Å². The molecule has 33 heavy (non-hydrogen) atoms. The normalized spacial score (nSPS) is 10.4. The number of aromatic amines is 1. The van der Waals surface area contributed by atoms with Gasteiger partial charge in [0.25, 0.3) is 5.91 Å². The Bertz CT molecular complexity index is 1400. The molecule has 4 heterocycles. The first-order valence-electron chi connectivity index (χ1n) is 9.27. The van der Waals surface area contributed by atoms with Gasteiger partial charge in [-0.2, -0.15) is 5.10 Å². The number of aromatic nitrogens is 5. The lowest BCUT2D eigenvalue weighted by Gasteiger charge is -2.09. The van der Waals surface area contributed by atoms with Gasteiger partial charge in [0.15, 0.2) is 0 Å². The van der Waals surface area contributed by atoms with Gasteiger partial charge < -0.3 is 5.32 Å². The third-order valence-electron chi connectivity index (χ3n) is 4.82. The highest BCUT2D eigenvalue weighted by Gasteiger charge is 2.14. The zero-order valence-corrected chi connectivity index (χ0v) is 19.1. The highest BCUT2D eigenvalue weighted by Crippen LogP contribution is 2.28. The van der Waals surface area contributed by atoms with E-state index in [-0.39, 0.29) is 41.2 Å². The fourth-order valence-electron chi connectivity index (χ4n) is 3.27. The second-order valence-electron chi connectivity index (χ2n) is 6.79. The fraction of sp³-hybridized carbons (Fsp3) is 0. The van der Waals surface area contributed by atoms with Gasteiger partial charge in [-0.1, -0.05) is 17.7 Å². The third-order valence-corrected chi connectivity index (χ3v) is 5.13. The summed E-state index contributed by atoms with van der Waals surface area (Å²) in [5, 5.41) is 9.68. The van der Waals surface area contributed by atoms with Crippen molar-refractivity contribution in [3.05, 3.63) is 89.9 Å². The van der Waals surface area contributed by atoms with E-state index >= 15 is 0 Å². The number of imidazole rings is 1. The molecule has 2 N–H and O–H groups in total. The molecule has 0 unspecified atom stereocenters. The quantitative estimate of drug-likeness (QED) is 0.329. The Labute approximate surface area is 204 Å². The van der Waals surface area contributed by atoms with E-state index in [2.05, 4.69) is 25.5 Å². The van der Waals surface area contributed by atoms with E-state index in [4.69, 9.17) is 11.6 Å². The molecule has 11 heteroatoms. The highest BCUT2D eigenvalue weighted by molar-refractivity contribution is 6.34. The van der Waals surface area contributed by atoms with E-state index in [0.717, 1.165) is 34.2 Å². The van der Waals surface area contributed by atoms with Crippen LogP contribution in [0.2, 0.25) is 5.02 Å². The number of amides is 1. The van der Waals surface area contributed by atoms with Crippen molar-refractivity contribution in [3.8, 4) is 22.4 Å². The number of carbonyl (C=O) groups excluding carboxylic acids is 1. The SMILES string of the molecule is Cl.Cl.O=C(Nc1ccc(F)cn1)c1ccc(-c2cnc3ccc(-c4cn[nH]c4)cn23)cc1Cl. The van der Waals surface area contributed by atoms with Gasteiger partial charge >= 0.3 is 0 Å². The Morgan fingerprint density at radius 1 is 0.970 bits per heavy atom. The minimum atomic E-state index is -0.482. The van der Waals surface area contributed by atoms with E-state index in [9.17, 15) is 9.18 Å². The average molecular weight is 506 g/mol. The Morgan fingerprint density at radius 3 is 2.48 bits per heavy atom. The monoisotopic (exact) mass is 504 g/mol. The molecular formula is C22H16Cl3FN6O. The zero-order valence-electron chi connectivity index (χ0n) is 16.7. The molecule has 0 aliphatic heterocycles. The molecule has 0 aliphatic carbocycles. The predicted molar refractivity (Wildman–Crippen MR) is 130 cm³/mol. The summed E-state index contributed by atoms with van der Waals surface area (Å²) >= 11 is 6.41. The van der Waals surface area contributed by atoms with Crippen molar-refractivity contribution in [2.45, 2.75) is 0 Å². The van der Waals surface area contributed by atoms with Gasteiger partial charge in [0.05, 0.1) is 34.9 Å². The lowest BCUT2D eigenvalue weighted by molar-refractivity contribution is 0.102. The van der Waals surface area contributed by atoms with Crippen LogP contribution in [0.1, 0.15) is 10.4 Å². The molecule has 0 fully saturated rings. The molecule has 4 aromatic heterocycles. The van der Waals surface area contributed by atoms with Crippen LogP contribution >= 0.6 is 36.4 Å². The average Bonchev–Trinajstić information content (AvgIpc) is 3.45. The second-order valence-corrected chi connectivity index (χ2v) is 7.19. The topological polar surface area (TPSA) is 88.0 Å². The third kappa shape index (κ3) is 4.83. The number of H-pyrrole nitrogens is 1. The minimum absolute atomic E-state index is 0. The summed E-state index contributed by atoms with van der Waals surface area (Å²) in [7, 11) is 0. The van der Waals surface area contributed by atoms with E-state index in [1.165, 1.54) is 12.1 Å². The van der Waals surface area contributed by atoms with E-state index in [1.807, 2.05) is 28.9 Å². The van der Waals surface area contributed by atoms with Crippen molar-refractivity contribution < 1.29 is 9.18 Å². The molecule has 0 radical (unpaired) electrons. The smallest absolute Gasteiger partial charge is 0.258 e. The first-order valence-corrected chi connectivity index (χ1v) is 9.65. The van der Waals surface area contributed by atoms with E-state index in [1.54, 1.807) is 30.6 Å². The summed E-state index contributed by atoms with van der Waals surface area (Å²) in [5.41, 5.74) is 4.63. The maximum atomic E-state index is 13.0. The number of pyridine rings is 2. The number of nitrogens with zero attached hydrogens (tertiary/aromatic N) is 4. The molecule has 0 saturated carbocycles. The molecule has 168 valence electrons. The number of hydrogen-bond donors (Lipinski definition) is 2. The number of anilines is 1. The molecule has 0 aliphatic rings. The highest BCUT2D eigenvalue weighted by atomic mass is 35.5. The van der Waals surface area contributed by atoms with Gasteiger partial charge in [0, 0.05) is 29.1 Å². The largest absolute Gasteiger partial charge is 0.307 e. The molecule has 5 aromatic rings. The Balaban J connectivity index is 0.00000153. The maximum absolute atomic E-state index is 13.0. The van der Waals surface area contributed by atoms with Crippen molar-refractivity contribution in [2.24, 2.45) is 0 Å². The number of nitrogens with one attached hydrogen (secondary N) is 2. The minimum Gasteiger partial charge on any atom is -0.307 e. The van der Waals surface area contributed by atoms with Crippen molar-refractivity contribution in [1.82, 2.24) is 24.6 Å². The van der Waals surface area contributed by atoms with E-state index in [0.29, 0.717) is 0 Å². The number of hydrogen-bond acceptors (Lipinski definition) is 4. The van der Waals surface area contributed by atoms with Crippen molar-refractivity contribution in [1.29, 1.82) is 0 Å². The zero-order chi connectivity index (χ0) is 21.4. The van der Waals surface area contributed by atoms with Gasteiger partial charge in [-0.15, -0.1) is 24.8 Å².